The van der Waals surface area contributed by atoms with Crippen molar-refractivity contribution in [3.8, 4) is 0 Å². The van der Waals surface area contributed by atoms with Gasteiger partial charge in [0.05, 0.1) is 17.6 Å². The fraction of sp³-hybridized carbons (Fsp3) is 0.375. The number of hydrogen-bond donors (Lipinski definition) is 0. The van der Waals surface area contributed by atoms with Gasteiger partial charge < -0.3 is 9.30 Å². The van der Waals surface area contributed by atoms with Crippen molar-refractivity contribution in [1.29, 1.82) is 0 Å². The van der Waals surface area contributed by atoms with Crippen LogP contribution in [0, 0.1) is 5.82 Å². The smallest absolute Gasteiger partial charge is 0.343 e. The molecule has 0 N–H and O–H groups in total. The molecule has 3 rings (SSSR count). The van der Waals surface area contributed by atoms with E-state index in [1.165, 1.54) is 19.4 Å². The van der Waals surface area contributed by atoms with Gasteiger partial charge in [-0.2, -0.15) is 0 Å². The van der Waals surface area contributed by atoms with Gasteiger partial charge >= 0.3 is 5.97 Å². The molecule has 1 aliphatic rings. The number of fused-ring (bicyclic) bond motifs is 1. The number of benzene rings is 1. The molecule has 1 aliphatic carbocycles. The number of esters is 1. The third-order valence-corrected chi connectivity index (χ3v) is 3.71. The molecule has 0 bridgehead atoms. The van der Waals surface area contributed by atoms with E-state index in [-0.39, 0.29) is 22.0 Å². The first-order valence-electron chi connectivity index (χ1n) is 7.15. The van der Waals surface area contributed by atoms with Crippen LogP contribution in [0.3, 0.4) is 0 Å². The first-order chi connectivity index (χ1) is 10.5. The van der Waals surface area contributed by atoms with Gasteiger partial charge in [-0.15, -0.1) is 0 Å². The molecular weight excluding hydrogens is 309 g/mol. The quantitative estimate of drug-likeness (QED) is 0.786. The van der Waals surface area contributed by atoms with Gasteiger partial charge in [-0.3, -0.25) is 4.79 Å². The van der Waals surface area contributed by atoms with Gasteiger partial charge in [-0.25, -0.2) is 9.18 Å². The second-order valence-corrected chi connectivity index (χ2v) is 5.19. The number of rotatable bonds is 2. The Morgan fingerprint density at radius 3 is 2.55 bits per heavy atom. The molecule has 1 fully saturated rings. The molecule has 0 amide bonds. The van der Waals surface area contributed by atoms with Crippen LogP contribution in [0.1, 0.15) is 43.1 Å². The van der Waals surface area contributed by atoms with Gasteiger partial charge in [0.25, 0.3) is 0 Å². The first-order valence-corrected chi connectivity index (χ1v) is 7.53. The lowest BCUT2D eigenvalue weighted by Crippen LogP contribution is -2.20. The minimum absolute atomic E-state index is 0.0443. The van der Waals surface area contributed by atoms with E-state index >= 15 is 0 Å². The van der Waals surface area contributed by atoms with E-state index in [2.05, 4.69) is 4.74 Å². The highest BCUT2D eigenvalue weighted by molar-refractivity contribution is 6.31. The molecule has 4 nitrogen and oxygen atoms in total. The number of carbonyl (C=O) groups excluding carboxylic acids is 1. The Labute approximate surface area is 132 Å². The van der Waals surface area contributed by atoms with E-state index in [0.29, 0.717) is 5.52 Å². The zero-order valence-electron chi connectivity index (χ0n) is 12.7. The Morgan fingerprint density at radius 1 is 1.36 bits per heavy atom. The fourth-order valence-corrected chi connectivity index (χ4v) is 2.41. The van der Waals surface area contributed by atoms with E-state index < -0.39 is 17.2 Å². The molecule has 1 aromatic heterocycles. The van der Waals surface area contributed by atoms with Crippen molar-refractivity contribution >= 4 is 28.5 Å². The van der Waals surface area contributed by atoms with E-state index in [1.54, 1.807) is 4.57 Å². The molecule has 1 aromatic carbocycles. The molecule has 0 radical (unpaired) electrons. The van der Waals surface area contributed by atoms with Crippen LogP contribution in [0.5, 0.6) is 0 Å². The highest BCUT2D eigenvalue weighted by Gasteiger charge is 2.27. The summed E-state index contributed by atoms with van der Waals surface area (Å²) in [5.74, 6) is -1.40. The summed E-state index contributed by atoms with van der Waals surface area (Å²) in [6, 6.07) is 2.71. The minimum Gasteiger partial charge on any atom is -0.465 e. The highest BCUT2D eigenvalue weighted by Crippen LogP contribution is 2.37. The van der Waals surface area contributed by atoms with Crippen LogP contribution in [-0.4, -0.2) is 17.6 Å². The number of methoxy groups -OCH3 is 1. The summed E-state index contributed by atoms with van der Waals surface area (Å²) in [6.45, 7) is 4.00. The topological polar surface area (TPSA) is 48.3 Å². The molecule has 0 spiro atoms. The van der Waals surface area contributed by atoms with Gasteiger partial charge in [0.2, 0.25) is 5.43 Å². The molecule has 0 saturated heterocycles. The highest BCUT2D eigenvalue weighted by atomic mass is 35.5. The largest absolute Gasteiger partial charge is 0.465 e. The Hall–Kier alpha value is -1.88. The second kappa shape index (κ2) is 6.48. The van der Waals surface area contributed by atoms with Gasteiger partial charge in [0.1, 0.15) is 11.4 Å². The molecule has 6 heteroatoms. The maximum Gasteiger partial charge on any atom is 0.343 e. The third kappa shape index (κ3) is 2.86. The van der Waals surface area contributed by atoms with Gasteiger partial charge in [-0.05, 0) is 25.0 Å². The molecule has 118 valence electrons. The predicted octanol–water partition coefficient (Wildman–Crippen LogP) is 3.94. The van der Waals surface area contributed by atoms with Crippen LogP contribution < -0.4 is 5.43 Å². The van der Waals surface area contributed by atoms with Crippen molar-refractivity contribution in [3.05, 3.63) is 45.0 Å². The number of nitrogens with zero attached hydrogens (tertiary/aromatic N) is 1. The SMILES string of the molecule is CC.COC(=O)c1cn(C2CC2)c2cc(Cl)c(F)cc2c1=O. The molecule has 0 aliphatic heterocycles. The summed E-state index contributed by atoms with van der Waals surface area (Å²) in [6.07, 6.45) is 3.38. The Kier molecular flexibility index (Phi) is 4.86. The number of carbonyl (C=O) groups is 1. The van der Waals surface area contributed by atoms with Gasteiger partial charge in [-0.1, -0.05) is 25.4 Å². The van der Waals surface area contributed by atoms with E-state index in [1.807, 2.05) is 13.8 Å². The molecule has 1 heterocycles. The molecule has 1 saturated carbocycles. The van der Waals surface area contributed by atoms with Crippen molar-refractivity contribution < 1.29 is 13.9 Å². The lowest BCUT2D eigenvalue weighted by molar-refractivity contribution is 0.0598. The predicted molar refractivity (Wildman–Crippen MR) is 84.1 cm³/mol. The summed E-state index contributed by atoms with van der Waals surface area (Å²) in [7, 11) is 1.20. The van der Waals surface area contributed by atoms with Crippen molar-refractivity contribution in [2.45, 2.75) is 32.7 Å². The number of pyridine rings is 1. The standard InChI is InChI=1S/C14H11ClFNO3.C2H6/c1-20-14(19)9-6-17(7-2-3-7)12-5-10(15)11(16)4-8(12)13(9)18;1-2/h4-7H,2-3H2,1H3;1-2H3. The summed E-state index contributed by atoms with van der Waals surface area (Å²) < 4.78 is 20.0. The van der Waals surface area contributed by atoms with Gasteiger partial charge in [0.15, 0.2) is 0 Å². The van der Waals surface area contributed by atoms with E-state index in [9.17, 15) is 14.0 Å². The summed E-state index contributed by atoms with van der Waals surface area (Å²) >= 11 is 5.78. The number of ether oxygens (including phenoxy) is 1. The third-order valence-electron chi connectivity index (χ3n) is 3.42. The average molecular weight is 326 g/mol. The van der Waals surface area contributed by atoms with Crippen molar-refractivity contribution in [2.75, 3.05) is 7.11 Å². The maximum atomic E-state index is 13.6. The normalized spacial score (nSPS) is 13.5. The lowest BCUT2D eigenvalue weighted by atomic mass is 10.1. The maximum absolute atomic E-state index is 13.6. The molecule has 2 aromatic rings. The van der Waals surface area contributed by atoms with E-state index in [4.69, 9.17) is 11.6 Å². The Balaban J connectivity index is 0.000000847. The number of halogens is 2. The van der Waals surface area contributed by atoms with Crippen LogP contribution in [0.15, 0.2) is 23.1 Å². The van der Waals surface area contributed by atoms with Crippen molar-refractivity contribution in [1.82, 2.24) is 4.57 Å². The van der Waals surface area contributed by atoms with Crippen molar-refractivity contribution in [2.24, 2.45) is 0 Å². The van der Waals surface area contributed by atoms with Crippen LogP contribution in [0.25, 0.3) is 10.9 Å². The fourth-order valence-electron chi connectivity index (χ4n) is 2.25. The zero-order valence-corrected chi connectivity index (χ0v) is 13.4. The van der Waals surface area contributed by atoms with Crippen LogP contribution in [0.2, 0.25) is 5.02 Å². The summed E-state index contributed by atoms with van der Waals surface area (Å²) in [4.78, 5) is 23.9. The van der Waals surface area contributed by atoms with E-state index in [0.717, 1.165) is 18.9 Å². The first kappa shape index (κ1) is 16.5. The van der Waals surface area contributed by atoms with Crippen LogP contribution >= 0.6 is 11.6 Å². The number of aromatic nitrogens is 1. The molecule has 0 unspecified atom stereocenters. The average Bonchev–Trinajstić information content (AvgIpc) is 3.36. The molecule has 0 atom stereocenters. The minimum atomic E-state index is -0.721. The van der Waals surface area contributed by atoms with Crippen LogP contribution in [-0.2, 0) is 4.74 Å². The van der Waals surface area contributed by atoms with Crippen LogP contribution in [0.4, 0.5) is 4.39 Å². The second-order valence-electron chi connectivity index (χ2n) is 4.79. The Bertz CT molecular complexity index is 781. The van der Waals surface area contributed by atoms with Crippen molar-refractivity contribution in [3.63, 3.8) is 0 Å². The molecular formula is C16H17ClFNO3. The summed E-state index contributed by atoms with van der Waals surface area (Å²) in [5, 5.41) is 0.0961. The summed E-state index contributed by atoms with van der Waals surface area (Å²) in [5.41, 5.74) is -0.0931. The number of hydrogen-bond acceptors (Lipinski definition) is 3. The zero-order chi connectivity index (χ0) is 16.4. The lowest BCUT2D eigenvalue weighted by Gasteiger charge is -2.12. The molecule has 22 heavy (non-hydrogen) atoms. The monoisotopic (exact) mass is 325 g/mol. The van der Waals surface area contributed by atoms with Gasteiger partial charge in [0, 0.05) is 17.6 Å². The Morgan fingerprint density at radius 2 is 2.00 bits per heavy atom.